The molecule has 0 aliphatic carbocycles. The Balaban J connectivity index is 2.72. The van der Waals surface area contributed by atoms with Gasteiger partial charge in [-0.05, 0) is 32.8 Å². The van der Waals surface area contributed by atoms with Gasteiger partial charge in [-0.15, -0.1) is 0 Å². The molecule has 96 valence electrons. The van der Waals surface area contributed by atoms with Crippen molar-refractivity contribution in [1.29, 1.82) is 0 Å². The molecular weight excluding hydrogens is 216 g/mol. The summed E-state index contributed by atoms with van der Waals surface area (Å²) in [5.74, 6) is -0.202. The van der Waals surface area contributed by atoms with Gasteiger partial charge in [0.05, 0.1) is 18.2 Å². The Bertz CT molecular complexity index is 373. The van der Waals surface area contributed by atoms with E-state index in [4.69, 9.17) is 0 Å². The van der Waals surface area contributed by atoms with Gasteiger partial charge in [-0.3, -0.25) is 9.48 Å². The first kappa shape index (κ1) is 13.9. The molecule has 1 N–H and O–H groups in total. The second kappa shape index (κ2) is 5.45. The van der Waals surface area contributed by atoms with E-state index in [1.54, 1.807) is 0 Å². The van der Waals surface area contributed by atoms with Crippen LogP contribution in [0.1, 0.15) is 52.3 Å². The van der Waals surface area contributed by atoms with E-state index in [9.17, 15) is 9.90 Å². The summed E-state index contributed by atoms with van der Waals surface area (Å²) in [6, 6.07) is 2.24. The maximum atomic E-state index is 11.7. The molecule has 0 bridgehead atoms. The predicted molar refractivity (Wildman–Crippen MR) is 66.9 cm³/mol. The average Bonchev–Trinajstić information content (AvgIpc) is 2.67. The zero-order valence-electron chi connectivity index (χ0n) is 11.1. The van der Waals surface area contributed by atoms with E-state index in [0.29, 0.717) is 6.04 Å². The molecule has 0 aliphatic heterocycles. The summed E-state index contributed by atoms with van der Waals surface area (Å²) in [7, 11) is 0. The molecule has 0 spiro atoms. The Morgan fingerprint density at radius 3 is 2.53 bits per heavy atom. The third kappa shape index (κ3) is 3.66. The largest absolute Gasteiger partial charge is 0.383 e. The summed E-state index contributed by atoms with van der Waals surface area (Å²) in [6.07, 6.45) is 4.15. The quantitative estimate of drug-likeness (QED) is 0.826. The summed E-state index contributed by atoms with van der Waals surface area (Å²) in [6.45, 7) is 7.26. The summed E-state index contributed by atoms with van der Waals surface area (Å²) in [4.78, 5) is 11.7. The van der Waals surface area contributed by atoms with Crippen LogP contribution in [-0.2, 0) is 11.2 Å². The highest BCUT2D eigenvalue weighted by Crippen LogP contribution is 2.15. The van der Waals surface area contributed by atoms with Crippen LogP contribution in [0.2, 0.25) is 0 Å². The van der Waals surface area contributed by atoms with Crippen LogP contribution >= 0.6 is 0 Å². The smallest absolute Gasteiger partial charge is 0.169 e. The van der Waals surface area contributed by atoms with Gasteiger partial charge in [-0.2, -0.15) is 5.10 Å². The lowest BCUT2D eigenvalue weighted by atomic mass is 10.00. The van der Waals surface area contributed by atoms with Crippen LogP contribution in [0.15, 0.2) is 12.3 Å². The molecular formula is C13H22N2O2. The van der Waals surface area contributed by atoms with Crippen molar-refractivity contribution in [3.8, 4) is 0 Å². The number of carbonyl (C=O) groups is 1. The standard InChI is InChI=1S/C13H22N2O2/c1-5-11(6-2)15-8-7-10(14-15)9-12(16)13(3,4)17/h7-8,11,17H,5-6,9H2,1-4H3. The van der Waals surface area contributed by atoms with E-state index in [-0.39, 0.29) is 12.2 Å². The van der Waals surface area contributed by atoms with Gasteiger partial charge in [-0.25, -0.2) is 0 Å². The third-order valence-corrected chi connectivity index (χ3v) is 3.00. The zero-order valence-corrected chi connectivity index (χ0v) is 11.1. The number of hydrogen-bond donors (Lipinski definition) is 1. The minimum Gasteiger partial charge on any atom is -0.383 e. The van der Waals surface area contributed by atoms with Gasteiger partial charge in [-0.1, -0.05) is 13.8 Å². The Morgan fingerprint density at radius 2 is 2.06 bits per heavy atom. The first-order valence-electron chi connectivity index (χ1n) is 6.18. The summed E-state index contributed by atoms with van der Waals surface area (Å²) in [5.41, 5.74) is -0.553. The SMILES string of the molecule is CCC(CC)n1ccc(CC(=O)C(C)(C)O)n1. The van der Waals surface area contributed by atoms with E-state index in [1.165, 1.54) is 13.8 Å². The minimum absolute atomic E-state index is 0.191. The second-order valence-corrected chi connectivity index (χ2v) is 4.92. The fourth-order valence-corrected chi connectivity index (χ4v) is 1.72. The number of nitrogens with zero attached hydrogens (tertiary/aromatic N) is 2. The van der Waals surface area contributed by atoms with Crippen molar-refractivity contribution in [3.05, 3.63) is 18.0 Å². The first-order valence-corrected chi connectivity index (χ1v) is 6.18. The van der Waals surface area contributed by atoms with E-state index in [0.717, 1.165) is 18.5 Å². The summed E-state index contributed by atoms with van der Waals surface area (Å²) >= 11 is 0. The number of aromatic nitrogens is 2. The summed E-state index contributed by atoms with van der Waals surface area (Å²) < 4.78 is 1.91. The third-order valence-electron chi connectivity index (χ3n) is 3.00. The van der Waals surface area contributed by atoms with Crippen LogP contribution in [0.3, 0.4) is 0 Å². The van der Waals surface area contributed by atoms with E-state index in [1.807, 2.05) is 16.9 Å². The fraction of sp³-hybridized carbons (Fsp3) is 0.692. The molecule has 1 aromatic heterocycles. The minimum atomic E-state index is -1.28. The highest BCUT2D eigenvalue weighted by atomic mass is 16.3. The number of hydrogen-bond acceptors (Lipinski definition) is 3. The highest BCUT2D eigenvalue weighted by Gasteiger charge is 2.24. The molecule has 1 rings (SSSR count). The van der Waals surface area contributed by atoms with Crippen LogP contribution in [0.25, 0.3) is 0 Å². The van der Waals surface area contributed by atoms with Crippen molar-refractivity contribution < 1.29 is 9.90 Å². The number of ketones is 1. The lowest BCUT2D eigenvalue weighted by Crippen LogP contribution is -2.32. The topological polar surface area (TPSA) is 55.1 Å². The molecule has 0 saturated heterocycles. The van der Waals surface area contributed by atoms with E-state index in [2.05, 4.69) is 18.9 Å². The molecule has 0 aliphatic rings. The lowest BCUT2D eigenvalue weighted by molar-refractivity contribution is -0.133. The number of rotatable bonds is 6. The van der Waals surface area contributed by atoms with Crippen LogP contribution in [-0.4, -0.2) is 26.3 Å². The lowest BCUT2D eigenvalue weighted by Gasteiger charge is -2.15. The number of aliphatic hydroxyl groups is 1. The average molecular weight is 238 g/mol. The van der Waals surface area contributed by atoms with Gasteiger partial charge in [0.15, 0.2) is 5.78 Å². The number of Topliss-reactive ketones (excluding diaryl/α,β-unsaturated/α-hetero) is 1. The second-order valence-electron chi connectivity index (χ2n) is 4.92. The van der Waals surface area contributed by atoms with E-state index < -0.39 is 5.60 Å². The molecule has 4 nitrogen and oxygen atoms in total. The maximum Gasteiger partial charge on any atom is 0.169 e. The van der Waals surface area contributed by atoms with Crippen molar-refractivity contribution >= 4 is 5.78 Å². The van der Waals surface area contributed by atoms with Crippen LogP contribution in [0.4, 0.5) is 0 Å². The van der Waals surface area contributed by atoms with Crippen molar-refractivity contribution in [2.75, 3.05) is 0 Å². The van der Waals surface area contributed by atoms with Crippen molar-refractivity contribution in [2.45, 2.75) is 58.6 Å². The van der Waals surface area contributed by atoms with Crippen molar-refractivity contribution in [1.82, 2.24) is 9.78 Å². The van der Waals surface area contributed by atoms with Gasteiger partial charge >= 0.3 is 0 Å². The predicted octanol–water partition coefficient (Wildman–Crippen LogP) is 2.13. The molecule has 0 saturated carbocycles. The normalized spacial score (nSPS) is 12.1. The summed E-state index contributed by atoms with van der Waals surface area (Å²) in [5, 5.41) is 14.0. The van der Waals surface area contributed by atoms with Gasteiger partial charge < -0.3 is 5.11 Å². The molecule has 0 unspecified atom stereocenters. The van der Waals surface area contributed by atoms with Gasteiger partial charge in [0.2, 0.25) is 0 Å². The number of carbonyl (C=O) groups excluding carboxylic acids is 1. The van der Waals surface area contributed by atoms with Gasteiger partial charge in [0.25, 0.3) is 0 Å². The Kier molecular flexibility index (Phi) is 4.46. The van der Waals surface area contributed by atoms with E-state index >= 15 is 0 Å². The molecule has 1 aromatic rings. The van der Waals surface area contributed by atoms with Crippen molar-refractivity contribution in [2.24, 2.45) is 0 Å². The Labute approximate surface area is 103 Å². The molecule has 0 aromatic carbocycles. The zero-order chi connectivity index (χ0) is 13.1. The molecule has 17 heavy (non-hydrogen) atoms. The molecule has 0 fully saturated rings. The molecule has 0 amide bonds. The molecule has 0 radical (unpaired) electrons. The van der Waals surface area contributed by atoms with Crippen molar-refractivity contribution in [3.63, 3.8) is 0 Å². The fourth-order valence-electron chi connectivity index (χ4n) is 1.72. The Hall–Kier alpha value is -1.16. The maximum absolute atomic E-state index is 11.7. The monoisotopic (exact) mass is 238 g/mol. The Morgan fingerprint density at radius 1 is 1.47 bits per heavy atom. The van der Waals surface area contributed by atoms with Gasteiger partial charge in [0, 0.05) is 6.20 Å². The molecule has 4 heteroatoms. The van der Waals surface area contributed by atoms with Crippen LogP contribution in [0.5, 0.6) is 0 Å². The molecule has 0 atom stereocenters. The van der Waals surface area contributed by atoms with Crippen LogP contribution < -0.4 is 0 Å². The van der Waals surface area contributed by atoms with Crippen LogP contribution in [0, 0.1) is 0 Å². The highest BCUT2D eigenvalue weighted by molar-refractivity contribution is 5.87. The first-order chi connectivity index (χ1) is 7.88. The van der Waals surface area contributed by atoms with Gasteiger partial charge in [0.1, 0.15) is 5.60 Å². The molecule has 1 heterocycles.